The maximum absolute atomic E-state index is 12.3. The van der Waals surface area contributed by atoms with Crippen LogP contribution < -0.4 is 0 Å². The van der Waals surface area contributed by atoms with Crippen LogP contribution in [0.25, 0.3) is 0 Å². The molecular formula is C13H14ClN5O. The molecule has 0 bridgehead atoms. The van der Waals surface area contributed by atoms with Gasteiger partial charge in [-0.25, -0.2) is 0 Å². The van der Waals surface area contributed by atoms with E-state index in [0.717, 1.165) is 31.0 Å². The summed E-state index contributed by atoms with van der Waals surface area (Å²) < 4.78 is 2.08. The van der Waals surface area contributed by atoms with Gasteiger partial charge >= 0.3 is 0 Å². The van der Waals surface area contributed by atoms with Gasteiger partial charge in [0.2, 0.25) is 0 Å². The summed E-state index contributed by atoms with van der Waals surface area (Å²) in [6.07, 6.45) is 3.57. The van der Waals surface area contributed by atoms with E-state index < -0.39 is 0 Å². The fourth-order valence-corrected chi connectivity index (χ4v) is 2.49. The summed E-state index contributed by atoms with van der Waals surface area (Å²) in [6.45, 7) is 1.34. The third-order valence-corrected chi connectivity index (χ3v) is 3.59. The van der Waals surface area contributed by atoms with Crippen molar-refractivity contribution in [1.82, 2.24) is 24.6 Å². The van der Waals surface area contributed by atoms with Crippen LogP contribution >= 0.6 is 11.6 Å². The molecule has 0 saturated heterocycles. The quantitative estimate of drug-likeness (QED) is 0.860. The lowest BCUT2D eigenvalue weighted by Gasteiger charge is -2.16. The zero-order valence-corrected chi connectivity index (χ0v) is 11.8. The average Bonchev–Trinajstić information content (AvgIpc) is 3.03. The Bertz CT molecular complexity index is 654. The molecule has 0 saturated carbocycles. The largest absolute Gasteiger partial charge is 0.333 e. The van der Waals surface area contributed by atoms with E-state index in [1.165, 1.54) is 6.20 Å². The predicted molar refractivity (Wildman–Crippen MR) is 73.4 cm³/mol. The first-order valence-corrected chi connectivity index (χ1v) is 6.81. The summed E-state index contributed by atoms with van der Waals surface area (Å²) in [4.78, 5) is 17.9. The summed E-state index contributed by atoms with van der Waals surface area (Å²) in [5.41, 5.74) is 0.334. The molecule has 20 heavy (non-hydrogen) atoms. The molecule has 104 valence electrons. The van der Waals surface area contributed by atoms with Crippen molar-refractivity contribution in [3.05, 3.63) is 40.7 Å². The van der Waals surface area contributed by atoms with Crippen LogP contribution in [0.3, 0.4) is 0 Å². The highest BCUT2D eigenvalue weighted by molar-refractivity contribution is 6.30. The smallest absolute Gasteiger partial charge is 0.272 e. The van der Waals surface area contributed by atoms with E-state index in [0.29, 0.717) is 17.3 Å². The number of amides is 1. The molecule has 0 spiro atoms. The molecule has 2 aromatic heterocycles. The summed E-state index contributed by atoms with van der Waals surface area (Å²) in [7, 11) is 1.72. The highest BCUT2D eigenvalue weighted by Gasteiger charge is 2.21. The van der Waals surface area contributed by atoms with E-state index in [1.807, 2.05) is 0 Å². The molecule has 0 N–H and O–H groups in total. The van der Waals surface area contributed by atoms with Gasteiger partial charge in [-0.2, -0.15) is 0 Å². The van der Waals surface area contributed by atoms with Gasteiger partial charge in [-0.1, -0.05) is 11.6 Å². The Balaban J connectivity index is 1.76. The van der Waals surface area contributed by atoms with Gasteiger partial charge in [-0.3, -0.25) is 9.78 Å². The second-order valence-electron chi connectivity index (χ2n) is 4.81. The molecule has 1 aliphatic heterocycles. The summed E-state index contributed by atoms with van der Waals surface area (Å²) in [5, 5.41) is 8.78. The van der Waals surface area contributed by atoms with Crippen LogP contribution in [0, 0.1) is 0 Å². The first-order chi connectivity index (χ1) is 9.65. The van der Waals surface area contributed by atoms with Gasteiger partial charge in [0, 0.05) is 31.2 Å². The van der Waals surface area contributed by atoms with Crippen molar-refractivity contribution in [2.75, 3.05) is 7.05 Å². The SMILES string of the molecule is CN(Cc1nnc2n1CCC2)C(=O)c1cc(Cl)ccn1. The Morgan fingerprint density at radius 2 is 2.35 bits per heavy atom. The lowest BCUT2D eigenvalue weighted by Crippen LogP contribution is -2.28. The minimum atomic E-state index is -0.178. The number of aromatic nitrogens is 4. The summed E-state index contributed by atoms with van der Waals surface area (Å²) in [5.74, 6) is 1.64. The number of pyridine rings is 1. The number of hydrogen-bond acceptors (Lipinski definition) is 4. The van der Waals surface area contributed by atoms with Crippen molar-refractivity contribution < 1.29 is 4.79 Å². The van der Waals surface area contributed by atoms with E-state index in [-0.39, 0.29) is 5.91 Å². The van der Waals surface area contributed by atoms with Crippen LogP contribution in [0.1, 0.15) is 28.6 Å². The normalized spacial score (nSPS) is 13.3. The molecule has 0 atom stereocenters. The van der Waals surface area contributed by atoms with Crippen molar-refractivity contribution in [3.63, 3.8) is 0 Å². The van der Waals surface area contributed by atoms with Crippen LogP contribution in [0.4, 0.5) is 0 Å². The third-order valence-electron chi connectivity index (χ3n) is 3.35. The Morgan fingerprint density at radius 1 is 1.50 bits per heavy atom. The molecule has 1 amide bonds. The van der Waals surface area contributed by atoms with Crippen molar-refractivity contribution in [1.29, 1.82) is 0 Å². The van der Waals surface area contributed by atoms with Crippen LogP contribution in [-0.4, -0.2) is 37.6 Å². The van der Waals surface area contributed by atoms with Gasteiger partial charge in [0.25, 0.3) is 5.91 Å². The van der Waals surface area contributed by atoms with E-state index in [4.69, 9.17) is 11.6 Å². The van der Waals surface area contributed by atoms with Gasteiger partial charge in [0.15, 0.2) is 5.82 Å². The number of nitrogens with zero attached hydrogens (tertiary/aromatic N) is 5. The summed E-state index contributed by atoms with van der Waals surface area (Å²) >= 11 is 5.88. The zero-order valence-electron chi connectivity index (χ0n) is 11.1. The van der Waals surface area contributed by atoms with E-state index in [9.17, 15) is 4.79 Å². The Kier molecular flexibility index (Phi) is 3.40. The standard InChI is InChI=1S/C13H14ClN5O/c1-18(13(20)10-7-9(14)4-5-15-10)8-12-17-16-11-3-2-6-19(11)12/h4-5,7H,2-3,6,8H2,1H3. The van der Waals surface area contributed by atoms with Crippen LogP contribution in [-0.2, 0) is 19.5 Å². The third kappa shape index (κ3) is 2.38. The Hall–Kier alpha value is -1.95. The van der Waals surface area contributed by atoms with Crippen molar-refractivity contribution in [2.24, 2.45) is 0 Å². The number of carbonyl (C=O) groups excluding carboxylic acids is 1. The molecular weight excluding hydrogens is 278 g/mol. The van der Waals surface area contributed by atoms with Crippen molar-refractivity contribution in [2.45, 2.75) is 25.9 Å². The maximum Gasteiger partial charge on any atom is 0.272 e. The van der Waals surface area contributed by atoms with Gasteiger partial charge in [0.1, 0.15) is 11.5 Å². The van der Waals surface area contributed by atoms with E-state index >= 15 is 0 Å². The number of carbonyl (C=O) groups is 1. The number of hydrogen-bond donors (Lipinski definition) is 0. The van der Waals surface area contributed by atoms with Crippen molar-refractivity contribution in [3.8, 4) is 0 Å². The van der Waals surface area contributed by atoms with Crippen molar-refractivity contribution >= 4 is 17.5 Å². The topological polar surface area (TPSA) is 63.9 Å². The molecule has 0 unspecified atom stereocenters. The Morgan fingerprint density at radius 3 is 3.15 bits per heavy atom. The van der Waals surface area contributed by atoms with Crippen LogP contribution in [0.2, 0.25) is 5.02 Å². The molecule has 0 radical (unpaired) electrons. The molecule has 2 aromatic rings. The first-order valence-electron chi connectivity index (χ1n) is 6.43. The first kappa shape index (κ1) is 13.1. The van der Waals surface area contributed by atoms with Crippen LogP contribution in [0.15, 0.2) is 18.3 Å². The second-order valence-corrected chi connectivity index (χ2v) is 5.24. The lowest BCUT2D eigenvalue weighted by molar-refractivity contribution is 0.0774. The highest BCUT2D eigenvalue weighted by Crippen LogP contribution is 2.16. The monoisotopic (exact) mass is 291 g/mol. The highest BCUT2D eigenvalue weighted by atomic mass is 35.5. The molecule has 0 aliphatic carbocycles. The van der Waals surface area contributed by atoms with Gasteiger partial charge < -0.3 is 9.47 Å². The predicted octanol–water partition coefficient (Wildman–Crippen LogP) is 1.54. The lowest BCUT2D eigenvalue weighted by atomic mass is 10.3. The fraction of sp³-hybridized carbons (Fsp3) is 0.385. The van der Waals surface area contributed by atoms with Gasteiger partial charge in [0.05, 0.1) is 6.54 Å². The fourth-order valence-electron chi connectivity index (χ4n) is 2.33. The number of fused-ring (bicyclic) bond motifs is 1. The van der Waals surface area contributed by atoms with E-state index in [2.05, 4.69) is 19.7 Å². The Labute approximate surface area is 121 Å². The number of aryl methyl sites for hydroxylation is 1. The minimum Gasteiger partial charge on any atom is -0.333 e. The number of rotatable bonds is 3. The van der Waals surface area contributed by atoms with E-state index in [1.54, 1.807) is 24.1 Å². The number of halogens is 1. The molecule has 3 heterocycles. The molecule has 1 aliphatic rings. The molecule has 0 aromatic carbocycles. The van der Waals surface area contributed by atoms with Gasteiger partial charge in [-0.15, -0.1) is 10.2 Å². The molecule has 3 rings (SSSR count). The summed E-state index contributed by atoms with van der Waals surface area (Å²) in [6, 6.07) is 3.21. The molecule has 0 fully saturated rings. The van der Waals surface area contributed by atoms with Gasteiger partial charge in [-0.05, 0) is 18.6 Å². The molecule has 7 heteroatoms. The second kappa shape index (κ2) is 5.20. The average molecular weight is 292 g/mol. The minimum absolute atomic E-state index is 0.178. The molecule has 6 nitrogen and oxygen atoms in total. The van der Waals surface area contributed by atoms with Crippen LogP contribution in [0.5, 0.6) is 0 Å². The maximum atomic E-state index is 12.3. The zero-order chi connectivity index (χ0) is 14.1.